The van der Waals surface area contributed by atoms with Crippen LogP contribution in [0.3, 0.4) is 0 Å². The number of carbonyl (C=O) groups excluding carboxylic acids is 2. The summed E-state index contributed by atoms with van der Waals surface area (Å²) in [6, 6.07) is 11.6. The van der Waals surface area contributed by atoms with Gasteiger partial charge in [-0.25, -0.2) is 0 Å². The van der Waals surface area contributed by atoms with E-state index in [1.165, 1.54) is 0 Å². The Balaban J connectivity index is 1.57. The summed E-state index contributed by atoms with van der Waals surface area (Å²) in [5, 5.41) is 12.8. The maximum absolute atomic E-state index is 12.9. The van der Waals surface area contributed by atoms with Gasteiger partial charge < -0.3 is 25.7 Å². The van der Waals surface area contributed by atoms with Gasteiger partial charge in [0.15, 0.2) is 0 Å². The molecule has 1 atom stereocenters. The molecule has 0 saturated carbocycles. The minimum absolute atomic E-state index is 0.216. The molecule has 0 spiro atoms. The fourth-order valence-electron chi connectivity index (χ4n) is 4.01. The lowest BCUT2D eigenvalue weighted by atomic mass is 10.0. The van der Waals surface area contributed by atoms with E-state index >= 15 is 0 Å². The zero-order valence-corrected chi connectivity index (χ0v) is 18.4. The van der Waals surface area contributed by atoms with Crippen molar-refractivity contribution in [2.24, 2.45) is 5.73 Å². The number of nitrogens with two attached hydrogens (primary N) is 1. The number of aliphatic carboxylic acids is 1. The third-order valence-corrected chi connectivity index (χ3v) is 5.69. The van der Waals surface area contributed by atoms with Gasteiger partial charge >= 0.3 is 5.97 Å². The van der Waals surface area contributed by atoms with Crippen molar-refractivity contribution in [2.45, 2.75) is 31.8 Å². The Kier molecular flexibility index (Phi) is 6.72. The van der Waals surface area contributed by atoms with E-state index in [4.69, 9.17) is 5.73 Å². The summed E-state index contributed by atoms with van der Waals surface area (Å²) in [7, 11) is 0. The second kappa shape index (κ2) is 10.0. The van der Waals surface area contributed by atoms with Crippen LogP contribution in [-0.2, 0) is 22.6 Å². The van der Waals surface area contributed by atoms with Gasteiger partial charge in [0.05, 0.1) is 12.1 Å². The molecule has 4 rings (SSSR count). The minimum atomic E-state index is -0.984. The SMILES string of the molecule is NC(=O)[C@H](CCCn1cccc1)NC(=O)c1ccc2[nH]c(-c3ccncc3)c(CC(=O)O)c2c1. The number of fused-ring (bicyclic) bond motifs is 1. The Labute approximate surface area is 195 Å². The average molecular weight is 460 g/mol. The molecule has 9 nitrogen and oxygen atoms in total. The van der Waals surface area contributed by atoms with Crippen LogP contribution in [0.25, 0.3) is 22.2 Å². The Bertz CT molecular complexity index is 1310. The first-order chi connectivity index (χ1) is 16.4. The van der Waals surface area contributed by atoms with Gasteiger partial charge in [0.1, 0.15) is 6.04 Å². The summed E-state index contributed by atoms with van der Waals surface area (Å²) in [6.45, 7) is 0.707. The van der Waals surface area contributed by atoms with E-state index in [-0.39, 0.29) is 6.42 Å². The molecule has 3 aromatic heterocycles. The quantitative estimate of drug-likeness (QED) is 0.288. The highest BCUT2D eigenvalue weighted by Gasteiger charge is 2.21. The van der Waals surface area contributed by atoms with E-state index in [1.54, 1.807) is 42.7 Å². The number of carboxylic acids is 1. The summed E-state index contributed by atoms with van der Waals surface area (Å²) >= 11 is 0. The van der Waals surface area contributed by atoms with Crippen LogP contribution in [0.2, 0.25) is 0 Å². The molecule has 34 heavy (non-hydrogen) atoms. The van der Waals surface area contributed by atoms with Crippen molar-refractivity contribution in [1.29, 1.82) is 0 Å². The van der Waals surface area contributed by atoms with Gasteiger partial charge in [0.2, 0.25) is 5.91 Å². The van der Waals surface area contributed by atoms with Crippen LogP contribution in [-0.4, -0.2) is 43.5 Å². The molecule has 3 heterocycles. The normalized spacial score (nSPS) is 11.9. The zero-order chi connectivity index (χ0) is 24.1. The molecule has 174 valence electrons. The van der Waals surface area contributed by atoms with Crippen LogP contribution < -0.4 is 11.1 Å². The number of aromatic amines is 1. The van der Waals surface area contributed by atoms with Gasteiger partial charge in [-0.1, -0.05) is 0 Å². The number of aromatic nitrogens is 3. The fraction of sp³-hybridized carbons (Fsp3) is 0.200. The van der Waals surface area contributed by atoms with E-state index in [0.29, 0.717) is 47.1 Å². The smallest absolute Gasteiger partial charge is 0.307 e. The summed E-state index contributed by atoms with van der Waals surface area (Å²) in [4.78, 5) is 43.7. The Morgan fingerprint density at radius 1 is 1.12 bits per heavy atom. The Morgan fingerprint density at radius 2 is 1.85 bits per heavy atom. The number of aryl methyl sites for hydroxylation is 1. The van der Waals surface area contributed by atoms with E-state index in [2.05, 4.69) is 15.3 Å². The summed E-state index contributed by atoms with van der Waals surface area (Å²) < 4.78 is 1.99. The number of carboxylic acid groups (broad SMARTS) is 1. The highest BCUT2D eigenvalue weighted by Crippen LogP contribution is 2.31. The standard InChI is InChI=1S/C25H25N5O4/c26-24(33)21(4-3-13-30-11-1-2-12-30)29-25(34)17-5-6-20-18(14-17)19(15-22(31)32)23(28-20)16-7-9-27-10-8-16/h1-2,5-12,14,21,28H,3-4,13,15H2,(H2,26,33)(H,29,34)(H,31,32)/t21-/m0/s1. The lowest BCUT2D eigenvalue weighted by molar-refractivity contribution is -0.136. The van der Waals surface area contributed by atoms with Crippen molar-refractivity contribution in [3.05, 3.63) is 78.4 Å². The summed E-state index contributed by atoms with van der Waals surface area (Å²) in [6.07, 6.45) is 7.97. The maximum Gasteiger partial charge on any atom is 0.307 e. The van der Waals surface area contributed by atoms with Crippen molar-refractivity contribution in [1.82, 2.24) is 19.9 Å². The van der Waals surface area contributed by atoms with Crippen LogP contribution in [0.1, 0.15) is 28.8 Å². The predicted octanol–water partition coefficient (Wildman–Crippen LogP) is 2.72. The lowest BCUT2D eigenvalue weighted by Gasteiger charge is -2.16. The molecule has 9 heteroatoms. The second-order valence-electron chi connectivity index (χ2n) is 8.04. The molecule has 0 radical (unpaired) electrons. The molecule has 0 saturated heterocycles. The molecule has 5 N–H and O–H groups in total. The first-order valence-electron chi connectivity index (χ1n) is 10.9. The van der Waals surface area contributed by atoms with E-state index in [0.717, 1.165) is 5.56 Å². The molecular formula is C25H25N5O4. The number of benzene rings is 1. The van der Waals surface area contributed by atoms with Gasteiger partial charge in [0, 0.05) is 53.4 Å². The van der Waals surface area contributed by atoms with Crippen molar-refractivity contribution in [3.8, 4) is 11.3 Å². The minimum Gasteiger partial charge on any atom is -0.481 e. The lowest BCUT2D eigenvalue weighted by Crippen LogP contribution is -2.44. The first-order valence-corrected chi connectivity index (χ1v) is 10.9. The molecule has 1 aromatic carbocycles. The highest BCUT2D eigenvalue weighted by atomic mass is 16.4. The van der Waals surface area contributed by atoms with E-state index < -0.39 is 23.8 Å². The number of nitrogens with zero attached hydrogens (tertiary/aromatic N) is 2. The van der Waals surface area contributed by atoms with Crippen LogP contribution in [0, 0.1) is 0 Å². The van der Waals surface area contributed by atoms with Crippen LogP contribution in [0.5, 0.6) is 0 Å². The fourth-order valence-corrected chi connectivity index (χ4v) is 4.01. The molecule has 0 aliphatic heterocycles. The van der Waals surface area contributed by atoms with Crippen molar-refractivity contribution in [3.63, 3.8) is 0 Å². The van der Waals surface area contributed by atoms with Crippen molar-refractivity contribution in [2.75, 3.05) is 0 Å². The number of carbonyl (C=O) groups is 3. The van der Waals surface area contributed by atoms with Crippen LogP contribution in [0.15, 0.2) is 67.3 Å². The molecule has 2 amide bonds. The van der Waals surface area contributed by atoms with Gasteiger partial charge in [-0.15, -0.1) is 0 Å². The highest BCUT2D eigenvalue weighted by molar-refractivity contribution is 6.02. The molecule has 0 aliphatic rings. The van der Waals surface area contributed by atoms with Crippen molar-refractivity contribution >= 4 is 28.7 Å². The Hall–Kier alpha value is -4.40. The topological polar surface area (TPSA) is 143 Å². The largest absolute Gasteiger partial charge is 0.481 e. The van der Waals surface area contributed by atoms with Gasteiger partial charge in [0.25, 0.3) is 5.91 Å². The van der Waals surface area contributed by atoms with E-state index in [1.807, 2.05) is 29.1 Å². The predicted molar refractivity (Wildman–Crippen MR) is 127 cm³/mol. The number of amides is 2. The van der Waals surface area contributed by atoms with Gasteiger partial charge in [-0.05, 0) is 60.9 Å². The number of hydrogen-bond donors (Lipinski definition) is 4. The zero-order valence-electron chi connectivity index (χ0n) is 18.4. The molecule has 0 fully saturated rings. The molecule has 4 aromatic rings. The first kappa shape index (κ1) is 22.8. The van der Waals surface area contributed by atoms with Crippen LogP contribution >= 0.6 is 0 Å². The van der Waals surface area contributed by atoms with Gasteiger partial charge in [-0.2, -0.15) is 0 Å². The second-order valence-corrected chi connectivity index (χ2v) is 8.04. The molecule has 0 bridgehead atoms. The monoisotopic (exact) mass is 459 g/mol. The van der Waals surface area contributed by atoms with Crippen molar-refractivity contribution < 1.29 is 19.5 Å². The number of pyridine rings is 1. The average Bonchev–Trinajstić information content (AvgIpc) is 3.46. The molecule has 0 aliphatic carbocycles. The third-order valence-electron chi connectivity index (χ3n) is 5.69. The van der Waals surface area contributed by atoms with Gasteiger partial charge in [-0.3, -0.25) is 19.4 Å². The number of primary amides is 1. The number of nitrogens with one attached hydrogen (secondary N) is 2. The summed E-state index contributed by atoms with van der Waals surface area (Å²) in [5.74, 6) is -2.03. The molecule has 0 unspecified atom stereocenters. The molecular weight excluding hydrogens is 434 g/mol. The maximum atomic E-state index is 12.9. The number of rotatable bonds is 10. The number of H-pyrrole nitrogens is 1. The summed E-state index contributed by atoms with van der Waals surface area (Å²) in [5.41, 5.74) is 8.58. The number of hydrogen-bond acceptors (Lipinski definition) is 4. The van der Waals surface area contributed by atoms with Crippen LogP contribution in [0.4, 0.5) is 0 Å². The van der Waals surface area contributed by atoms with E-state index in [9.17, 15) is 19.5 Å². The third kappa shape index (κ3) is 5.15. The Morgan fingerprint density at radius 3 is 2.53 bits per heavy atom.